The summed E-state index contributed by atoms with van der Waals surface area (Å²) >= 11 is 0. The van der Waals surface area contributed by atoms with Crippen molar-refractivity contribution in [3.05, 3.63) is 71.3 Å². The van der Waals surface area contributed by atoms with Gasteiger partial charge in [0.2, 0.25) is 5.91 Å². The minimum atomic E-state index is -0.409. The summed E-state index contributed by atoms with van der Waals surface area (Å²) in [5, 5.41) is 0. The molecule has 0 aliphatic rings. The summed E-state index contributed by atoms with van der Waals surface area (Å²) in [6.45, 7) is 1.97. The molecule has 0 bridgehead atoms. The molecule has 2 rings (SSSR count). The molecule has 0 atom stereocenters. The Kier molecular flexibility index (Phi) is 3.58. The van der Waals surface area contributed by atoms with E-state index in [2.05, 4.69) is 0 Å². The largest absolute Gasteiger partial charge is 0.366 e. The molecule has 0 saturated carbocycles. The monoisotopic (exact) mass is 237 g/mol. The molecule has 2 aromatic rings. The van der Waals surface area contributed by atoms with Gasteiger partial charge >= 0.3 is 0 Å². The first kappa shape index (κ1) is 12.1. The van der Waals surface area contributed by atoms with E-state index in [4.69, 9.17) is 5.73 Å². The third-order valence-electron chi connectivity index (χ3n) is 2.81. The third kappa shape index (κ3) is 2.66. The first-order valence-electron chi connectivity index (χ1n) is 5.81. The number of benzene rings is 2. The van der Waals surface area contributed by atoms with Crippen LogP contribution in [0.2, 0.25) is 0 Å². The Morgan fingerprint density at radius 3 is 2.22 bits per heavy atom. The smallest absolute Gasteiger partial charge is 0.249 e. The molecule has 0 aliphatic heterocycles. The fourth-order valence-corrected chi connectivity index (χ4v) is 1.87. The van der Waals surface area contributed by atoms with Crippen LogP contribution in [0.5, 0.6) is 0 Å². The molecule has 2 aromatic carbocycles. The Balaban J connectivity index is 2.51. The standard InChI is InChI=1S/C16H15NO/c1-12-7-5-6-10-14(12)15(16(17)18)11-13-8-3-2-4-9-13/h2-11H,1H3,(H2,17,18)/b15-11-. The molecule has 2 heteroatoms. The van der Waals surface area contributed by atoms with Gasteiger partial charge in [-0.25, -0.2) is 0 Å². The quantitative estimate of drug-likeness (QED) is 0.647. The van der Waals surface area contributed by atoms with E-state index in [0.717, 1.165) is 16.7 Å². The van der Waals surface area contributed by atoms with Crippen molar-refractivity contribution in [2.75, 3.05) is 0 Å². The Hall–Kier alpha value is -2.35. The van der Waals surface area contributed by atoms with E-state index >= 15 is 0 Å². The first-order valence-corrected chi connectivity index (χ1v) is 5.81. The lowest BCUT2D eigenvalue weighted by atomic mass is 9.98. The second kappa shape index (κ2) is 5.32. The minimum Gasteiger partial charge on any atom is -0.366 e. The zero-order chi connectivity index (χ0) is 13.0. The topological polar surface area (TPSA) is 43.1 Å². The van der Waals surface area contributed by atoms with Crippen LogP contribution in [-0.2, 0) is 4.79 Å². The van der Waals surface area contributed by atoms with Gasteiger partial charge in [-0.15, -0.1) is 0 Å². The highest BCUT2D eigenvalue weighted by atomic mass is 16.1. The summed E-state index contributed by atoms with van der Waals surface area (Å²) in [7, 11) is 0. The maximum Gasteiger partial charge on any atom is 0.249 e. The first-order chi connectivity index (χ1) is 8.68. The zero-order valence-corrected chi connectivity index (χ0v) is 10.3. The van der Waals surface area contributed by atoms with Crippen LogP contribution in [0.3, 0.4) is 0 Å². The molecular formula is C16H15NO. The van der Waals surface area contributed by atoms with Crippen molar-refractivity contribution in [3.63, 3.8) is 0 Å². The number of amides is 1. The maximum absolute atomic E-state index is 11.6. The lowest BCUT2D eigenvalue weighted by Crippen LogP contribution is -2.13. The van der Waals surface area contributed by atoms with Crippen molar-refractivity contribution >= 4 is 17.6 Å². The molecule has 2 N–H and O–H groups in total. The Bertz CT molecular complexity index is 585. The van der Waals surface area contributed by atoms with E-state index in [1.165, 1.54) is 0 Å². The van der Waals surface area contributed by atoms with Crippen LogP contribution in [-0.4, -0.2) is 5.91 Å². The van der Waals surface area contributed by atoms with E-state index < -0.39 is 5.91 Å². The van der Waals surface area contributed by atoms with Crippen molar-refractivity contribution in [3.8, 4) is 0 Å². The highest BCUT2D eigenvalue weighted by Gasteiger charge is 2.10. The summed E-state index contributed by atoms with van der Waals surface area (Å²) < 4.78 is 0. The Morgan fingerprint density at radius 1 is 1.00 bits per heavy atom. The van der Waals surface area contributed by atoms with E-state index in [9.17, 15) is 4.79 Å². The third-order valence-corrected chi connectivity index (χ3v) is 2.81. The van der Waals surface area contributed by atoms with E-state index in [1.807, 2.05) is 67.6 Å². The van der Waals surface area contributed by atoms with Gasteiger partial charge in [-0.3, -0.25) is 4.79 Å². The lowest BCUT2D eigenvalue weighted by Gasteiger charge is -2.07. The molecule has 0 fully saturated rings. The van der Waals surface area contributed by atoms with Crippen LogP contribution in [0.25, 0.3) is 11.6 Å². The average Bonchev–Trinajstić information content (AvgIpc) is 2.38. The van der Waals surface area contributed by atoms with Crippen LogP contribution in [0.1, 0.15) is 16.7 Å². The highest BCUT2D eigenvalue weighted by molar-refractivity contribution is 6.23. The number of carbonyl (C=O) groups excluding carboxylic acids is 1. The van der Waals surface area contributed by atoms with Crippen molar-refractivity contribution in [1.29, 1.82) is 0 Å². The van der Waals surface area contributed by atoms with Gasteiger partial charge in [0.1, 0.15) is 0 Å². The van der Waals surface area contributed by atoms with Crippen LogP contribution in [0.4, 0.5) is 0 Å². The molecule has 0 unspecified atom stereocenters. The SMILES string of the molecule is Cc1ccccc1/C(=C/c1ccccc1)C(N)=O. The molecule has 0 heterocycles. The van der Waals surface area contributed by atoms with Crippen molar-refractivity contribution in [2.24, 2.45) is 5.73 Å². The normalized spacial score (nSPS) is 11.3. The van der Waals surface area contributed by atoms with E-state index in [-0.39, 0.29) is 0 Å². The highest BCUT2D eigenvalue weighted by Crippen LogP contribution is 2.21. The molecule has 90 valence electrons. The fourth-order valence-electron chi connectivity index (χ4n) is 1.87. The molecule has 0 spiro atoms. The van der Waals surface area contributed by atoms with Gasteiger partial charge < -0.3 is 5.73 Å². The summed E-state index contributed by atoms with van der Waals surface area (Å²) in [6.07, 6.45) is 1.82. The number of rotatable bonds is 3. The van der Waals surface area contributed by atoms with Gasteiger partial charge in [-0.05, 0) is 29.7 Å². The summed E-state index contributed by atoms with van der Waals surface area (Å²) in [5.41, 5.74) is 8.91. The number of primary amides is 1. The Morgan fingerprint density at radius 2 is 1.61 bits per heavy atom. The minimum absolute atomic E-state index is 0.409. The van der Waals surface area contributed by atoms with Gasteiger partial charge in [0.25, 0.3) is 0 Å². The van der Waals surface area contributed by atoms with Gasteiger partial charge in [0, 0.05) is 5.57 Å². The Labute approximate surface area is 107 Å². The second-order valence-corrected chi connectivity index (χ2v) is 4.15. The van der Waals surface area contributed by atoms with Gasteiger partial charge in [-0.1, -0.05) is 54.6 Å². The van der Waals surface area contributed by atoms with Crippen LogP contribution in [0, 0.1) is 6.92 Å². The summed E-state index contributed by atoms with van der Waals surface area (Å²) in [5.74, 6) is -0.409. The molecular weight excluding hydrogens is 222 g/mol. The number of hydrogen-bond donors (Lipinski definition) is 1. The summed E-state index contributed by atoms with van der Waals surface area (Å²) in [4.78, 5) is 11.6. The molecule has 0 saturated heterocycles. The zero-order valence-electron chi connectivity index (χ0n) is 10.3. The lowest BCUT2D eigenvalue weighted by molar-refractivity contribution is -0.112. The molecule has 18 heavy (non-hydrogen) atoms. The molecule has 0 radical (unpaired) electrons. The van der Waals surface area contributed by atoms with Gasteiger partial charge in [0.05, 0.1) is 0 Å². The van der Waals surface area contributed by atoms with Crippen LogP contribution in [0.15, 0.2) is 54.6 Å². The molecule has 1 amide bonds. The number of carbonyl (C=O) groups is 1. The number of hydrogen-bond acceptors (Lipinski definition) is 1. The van der Waals surface area contributed by atoms with Crippen LogP contribution < -0.4 is 5.73 Å². The number of aryl methyl sites for hydroxylation is 1. The van der Waals surface area contributed by atoms with Crippen LogP contribution >= 0.6 is 0 Å². The predicted octanol–water partition coefficient (Wildman–Crippen LogP) is 3.02. The maximum atomic E-state index is 11.6. The van der Waals surface area contributed by atoms with Gasteiger partial charge in [-0.2, -0.15) is 0 Å². The fraction of sp³-hybridized carbons (Fsp3) is 0.0625. The van der Waals surface area contributed by atoms with Crippen molar-refractivity contribution in [2.45, 2.75) is 6.92 Å². The predicted molar refractivity (Wildman–Crippen MR) is 74.7 cm³/mol. The molecule has 0 aliphatic carbocycles. The van der Waals surface area contributed by atoms with Gasteiger partial charge in [0.15, 0.2) is 0 Å². The average molecular weight is 237 g/mol. The van der Waals surface area contributed by atoms with E-state index in [1.54, 1.807) is 0 Å². The molecule has 2 nitrogen and oxygen atoms in total. The van der Waals surface area contributed by atoms with E-state index in [0.29, 0.717) is 5.57 Å². The van der Waals surface area contributed by atoms with Crippen molar-refractivity contribution in [1.82, 2.24) is 0 Å². The van der Waals surface area contributed by atoms with Crippen molar-refractivity contribution < 1.29 is 4.79 Å². The second-order valence-electron chi connectivity index (χ2n) is 4.15. The number of nitrogens with two attached hydrogens (primary N) is 1. The molecule has 0 aromatic heterocycles. The summed E-state index contributed by atoms with van der Waals surface area (Å²) in [6, 6.07) is 17.4.